The Morgan fingerprint density at radius 1 is 1.64 bits per heavy atom. The molecule has 1 rings (SSSR count). The highest BCUT2D eigenvalue weighted by atomic mass is 127. The Bertz CT molecular complexity index is 387. The molecule has 14 heavy (non-hydrogen) atoms. The van der Waals surface area contributed by atoms with Gasteiger partial charge in [0, 0.05) is 5.56 Å². The summed E-state index contributed by atoms with van der Waals surface area (Å²) in [6.07, 6.45) is -2.56. The van der Waals surface area contributed by atoms with Crippen molar-refractivity contribution in [3.8, 4) is 6.07 Å². The number of aromatic nitrogens is 1. The van der Waals surface area contributed by atoms with E-state index in [1.54, 1.807) is 0 Å². The van der Waals surface area contributed by atoms with Crippen LogP contribution in [0.1, 0.15) is 17.7 Å². The number of nitriles is 1. The molecule has 0 spiro atoms. The monoisotopic (exact) mass is 309 g/mol. The van der Waals surface area contributed by atoms with Crippen LogP contribution in [0.2, 0.25) is 0 Å². The van der Waals surface area contributed by atoms with Gasteiger partial charge in [-0.15, -0.1) is 0 Å². The predicted octanol–water partition coefficient (Wildman–Crippen LogP) is 2.27. The van der Waals surface area contributed by atoms with Crippen LogP contribution in [0.15, 0.2) is 6.07 Å². The van der Waals surface area contributed by atoms with Crippen molar-refractivity contribution in [3.63, 3.8) is 0 Å². The van der Waals surface area contributed by atoms with Gasteiger partial charge >= 0.3 is 0 Å². The molecule has 1 aromatic rings. The third-order valence-electron chi connectivity index (χ3n) is 1.59. The summed E-state index contributed by atoms with van der Waals surface area (Å²) < 4.78 is 25.0. The van der Waals surface area contributed by atoms with E-state index in [1.807, 2.05) is 28.7 Å². The van der Waals surface area contributed by atoms with Gasteiger partial charge < -0.3 is 5.73 Å². The van der Waals surface area contributed by atoms with E-state index in [2.05, 4.69) is 4.98 Å². The van der Waals surface area contributed by atoms with E-state index in [9.17, 15) is 8.78 Å². The lowest BCUT2D eigenvalue weighted by Gasteiger charge is -2.06. The lowest BCUT2D eigenvalue weighted by Crippen LogP contribution is -2.03. The zero-order valence-electron chi connectivity index (χ0n) is 6.97. The molecule has 0 aliphatic rings. The normalized spacial score (nSPS) is 10.2. The largest absolute Gasteiger partial charge is 0.397 e. The van der Waals surface area contributed by atoms with Crippen LogP contribution in [0.3, 0.4) is 0 Å². The van der Waals surface area contributed by atoms with Crippen molar-refractivity contribution in [2.45, 2.75) is 12.8 Å². The van der Waals surface area contributed by atoms with Gasteiger partial charge in [0.05, 0.1) is 18.2 Å². The maximum absolute atomic E-state index is 12.3. The van der Waals surface area contributed by atoms with Crippen molar-refractivity contribution in [2.24, 2.45) is 0 Å². The summed E-state index contributed by atoms with van der Waals surface area (Å²) in [5.41, 5.74) is 5.46. The van der Waals surface area contributed by atoms with Crippen molar-refractivity contribution in [3.05, 3.63) is 21.0 Å². The van der Waals surface area contributed by atoms with Gasteiger partial charge in [-0.1, -0.05) is 0 Å². The van der Waals surface area contributed by atoms with Gasteiger partial charge in [-0.2, -0.15) is 5.26 Å². The summed E-state index contributed by atoms with van der Waals surface area (Å²) in [7, 11) is 0. The summed E-state index contributed by atoms with van der Waals surface area (Å²) in [4.78, 5) is 3.65. The lowest BCUT2D eigenvalue weighted by atomic mass is 10.2. The molecule has 0 bridgehead atoms. The summed E-state index contributed by atoms with van der Waals surface area (Å²) >= 11 is 1.81. The number of rotatable bonds is 2. The van der Waals surface area contributed by atoms with Gasteiger partial charge in [0.15, 0.2) is 0 Å². The molecule has 0 amide bonds. The van der Waals surface area contributed by atoms with Crippen LogP contribution in [-0.2, 0) is 6.42 Å². The number of hydrogen-bond donors (Lipinski definition) is 1. The quantitative estimate of drug-likeness (QED) is 0.673. The maximum atomic E-state index is 12.3. The smallest absolute Gasteiger partial charge is 0.282 e. The molecule has 0 aromatic carbocycles. The first-order chi connectivity index (χ1) is 6.56. The first-order valence-corrected chi connectivity index (χ1v) is 4.74. The summed E-state index contributed by atoms with van der Waals surface area (Å²) in [5.74, 6) is 0. The molecule has 1 aromatic heterocycles. The summed E-state index contributed by atoms with van der Waals surface area (Å²) in [6.45, 7) is 0. The average molecular weight is 309 g/mol. The molecule has 2 N–H and O–H groups in total. The van der Waals surface area contributed by atoms with E-state index in [4.69, 9.17) is 11.0 Å². The fraction of sp³-hybridized carbons (Fsp3) is 0.250. The predicted molar refractivity (Wildman–Crippen MR) is 55.6 cm³/mol. The molecule has 0 unspecified atom stereocenters. The molecule has 0 fully saturated rings. The van der Waals surface area contributed by atoms with E-state index in [1.165, 1.54) is 6.07 Å². The highest BCUT2D eigenvalue weighted by Crippen LogP contribution is 2.25. The van der Waals surface area contributed by atoms with Crippen LogP contribution in [0.5, 0.6) is 0 Å². The number of nitrogens with two attached hydrogens (primary N) is 1. The highest BCUT2D eigenvalue weighted by molar-refractivity contribution is 14.1. The Hall–Kier alpha value is -0.970. The van der Waals surface area contributed by atoms with E-state index in [0.717, 1.165) is 0 Å². The maximum Gasteiger partial charge on any atom is 0.282 e. The Labute approximate surface area is 93.1 Å². The Morgan fingerprint density at radius 3 is 2.79 bits per heavy atom. The summed E-state index contributed by atoms with van der Waals surface area (Å²) in [5, 5.41) is 8.44. The van der Waals surface area contributed by atoms with E-state index < -0.39 is 12.1 Å². The molecule has 0 aliphatic heterocycles. The van der Waals surface area contributed by atoms with Crippen molar-refractivity contribution < 1.29 is 8.78 Å². The van der Waals surface area contributed by atoms with Crippen molar-refractivity contribution in [1.82, 2.24) is 4.98 Å². The lowest BCUT2D eigenvalue weighted by molar-refractivity contribution is 0.147. The zero-order valence-corrected chi connectivity index (χ0v) is 9.12. The molecule has 0 radical (unpaired) electrons. The van der Waals surface area contributed by atoms with Crippen LogP contribution in [0.25, 0.3) is 0 Å². The molecule has 3 nitrogen and oxygen atoms in total. The number of alkyl halides is 2. The molecule has 0 aliphatic carbocycles. The fourth-order valence-electron chi connectivity index (χ4n) is 0.947. The van der Waals surface area contributed by atoms with Gasteiger partial charge in [-0.25, -0.2) is 13.8 Å². The average Bonchev–Trinajstić information content (AvgIpc) is 2.10. The van der Waals surface area contributed by atoms with Gasteiger partial charge in [-0.05, 0) is 28.7 Å². The Balaban J connectivity index is 3.18. The molecular weight excluding hydrogens is 303 g/mol. The second-order valence-corrected chi connectivity index (χ2v) is 3.57. The van der Waals surface area contributed by atoms with Gasteiger partial charge in [0.2, 0.25) is 0 Å². The van der Waals surface area contributed by atoms with Crippen LogP contribution in [-0.4, -0.2) is 4.98 Å². The SMILES string of the molecule is N#CCc1cc(N)c(C(F)F)nc1I. The molecule has 0 saturated heterocycles. The number of anilines is 1. The molecule has 1 heterocycles. The summed E-state index contributed by atoms with van der Waals surface area (Å²) in [6, 6.07) is 3.29. The third kappa shape index (κ3) is 2.29. The third-order valence-corrected chi connectivity index (χ3v) is 2.52. The zero-order chi connectivity index (χ0) is 10.7. The first kappa shape index (κ1) is 11.1. The number of pyridine rings is 1. The molecule has 74 valence electrons. The fourth-order valence-corrected chi connectivity index (χ4v) is 1.55. The first-order valence-electron chi connectivity index (χ1n) is 3.66. The molecule has 0 saturated carbocycles. The van der Waals surface area contributed by atoms with Gasteiger partial charge in [-0.3, -0.25) is 0 Å². The second-order valence-electron chi connectivity index (χ2n) is 2.55. The highest BCUT2D eigenvalue weighted by Gasteiger charge is 2.15. The van der Waals surface area contributed by atoms with Crippen molar-refractivity contribution in [2.75, 3.05) is 5.73 Å². The topological polar surface area (TPSA) is 62.7 Å². The van der Waals surface area contributed by atoms with Crippen LogP contribution < -0.4 is 5.73 Å². The minimum absolute atomic E-state index is 0.0642. The Morgan fingerprint density at radius 2 is 2.29 bits per heavy atom. The molecule has 0 atom stereocenters. The van der Waals surface area contributed by atoms with E-state index >= 15 is 0 Å². The van der Waals surface area contributed by atoms with Crippen LogP contribution in [0.4, 0.5) is 14.5 Å². The van der Waals surface area contributed by atoms with Crippen LogP contribution >= 0.6 is 22.6 Å². The van der Waals surface area contributed by atoms with Gasteiger partial charge in [0.25, 0.3) is 6.43 Å². The molecular formula is C8H6F2IN3. The van der Waals surface area contributed by atoms with E-state index in [0.29, 0.717) is 9.26 Å². The van der Waals surface area contributed by atoms with Gasteiger partial charge in [0.1, 0.15) is 9.39 Å². The van der Waals surface area contributed by atoms with Crippen molar-refractivity contribution in [1.29, 1.82) is 5.26 Å². The minimum atomic E-state index is -2.68. The Kier molecular flexibility index (Phi) is 3.57. The minimum Gasteiger partial charge on any atom is -0.397 e. The van der Waals surface area contributed by atoms with E-state index in [-0.39, 0.29) is 12.1 Å². The standard InChI is InChI=1S/C8H6F2IN3/c9-7(10)6-5(13)3-4(1-2-12)8(11)14-6/h3,7H,1,13H2. The number of nitrogen functional groups attached to an aromatic ring is 1. The molecule has 6 heteroatoms. The number of nitrogens with zero attached hydrogens (tertiary/aromatic N) is 2. The number of hydrogen-bond acceptors (Lipinski definition) is 3. The van der Waals surface area contributed by atoms with Crippen LogP contribution in [0, 0.1) is 15.0 Å². The van der Waals surface area contributed by atoms with Crippen molar-refractivity contribution >= 4 is 28.3 Å². The number of halogens is 3. The second kappa shape index (κ2) is 4.50.